The van der Waals surface area contributed by atoms with Crippen molar-refractivity contribution in [1.82, 2.24) is 0 Å². The Hall–Kier alpha value is -3.02. The Kier molecular flexibility index (Phi) is 3.89. The molecule has 0 radical (unpaired) electrons. The van der Waals surface area contributed by atoms with Crippen molar-refractivity contribution in [2.75, 3.05) is 18.6 Å². The molecule has 0 unspecified atom stereocenters. The number of nitrogens with zero attached hydrogens (tertiary/aromatic N) is 1. The van der Waals surface area contributed by atoms with Crippen LogP contribution in [0.25, 0.3) is 0 Å². The van der Waals surface area contributed by atoms with E-state index in [2.05, 4.69) is 0 Å². The largest absolute Gasteiger partial charge is 0.497 e. The van der Waals surface area contributed by atoms with Gasteiger partial charge in [-0.3, -0.25) is 4.79 Å². The van der Waals surface area contributed by atoms with Crippen molar-refractivity contribution in [2.24, 2.45) is 0 Å². The smallest absolute Gasteiger partial charge is 0.346 e. The van der Waals surface area contributed by atoms with Crippen LogP contribution in [0.4, 0.5) is 5.69 Å². The van der Waals surface area contributed by atoms with Crippen molar-refractivity contribution in [2.45, 2.75) is 6.10 Å². The van der Waals surface area contributed by atoms with Crippen LogP contribution in [0.15, 0.2) is 48.5 Å². The summed E-state index contributed by atoms with van der Waals surface area (Å²) < 4.78 is 10.6. The molecular weight excluding hydrogens is 298 g/mol. The molecule has 0 fully saturated rings. The Morgan fingerprint density at radius 1 is 1.22 bits per heavy atom. The lowest BCUT2D eigenvalue weighted by Gasteiger charge is -2.33. The fourth-order valence-electron chi connectivity index (χ4n) is 2.47. The summed E-state index contributed by atoms with van der Waals surface area (Å²) in [7, 11) is 1.52. The standard InChI is InChI=1S/C17H15NO5/c1-22-12-6-4-5-11(9-12)16(19)18-10-15(17(20)21)23-14-8-3-2-7-13(14)18/h2-9,15H,10H2,1H3,(H,20,21)/t15-/m0/s1. The van der Waals surface area contributed by atoms with Gasteiger partial charge in [0.2, 0.25) is 6.10 Å². The van der Waals surface area contributed by atoms with Crippen LogP contribution in [-0.2, 0) is 4.79 Å². The normalized spacial score (nSPS) is 16.2. The monoisotopic (exact) mass is 313 g/mol. The second-order valence-electron chi connectivity index (χ2n) is 5.06. The van der Waals surface area contributed by atoms with E-state index in [0.717, 1.165) is 0 Å². The molecule has 2 aromatic carbocycles. The number of anilines is 1. The number of aliphatic carboxylic acids is 1. The van der Waals surface area contributed by atoms with Crippen LogP contribution in [0.3, 0.4) is 0 Å². The van der Waals surface area contributed by atoms with E-state index in [1.165, 1.54) is 12.0 Å². The van der Waals surface area contributed by atoms with E-state index >= 15 is 0 Å². The third-order valence-corrected chi connectivity index (χ3v) is 3.61. The minimum atomic E-state index is -1.11. The van der Waals surface area contributed by atoms with Gasteiger partial charge in [-0.1, -0.05) is 18.2 Å². The first-order valence-corrected chi connectivity index (χ1v) is 7.04. The molecule has 1 heterocycles. The van der Waals surface area contributed by atoms with E-state index in [9.17, 15) is 14.7 Å². The zero-order valence-corrected chi connectivity index (χ0v) is 12.4. The van der Waals surface area contributed by atoms with Crippen molar-refractivity contribution in [3.63, 3.8) is 0 Å². The Labute approximate surface area is 132 Å². The van der Waals surface area contributed by atoms with Crippen LogP contribution < -0.4 is 14.4 Å². The van der Waals surface area contributed by atoms with E-state index in [1.807, 2.05) is 0 Å². The number of rotatable bonds is 3. The van der Waals surface area contributed by atoms with E-state index in [0.29, 0.717) is 22.7 Å². The molecule has 118 valence electrons. The highest BCUT2D eigenvalue weighted by atomic mass is 16.5. The van der Waals surface area contributed by atoms with Crippen molar-refractivity contribution in [3.05, 3.63) is 54.1 Å². The minimum absolute atomic E-state index is 0.0532. The number of ether oxygens (including phenoxy) is 2. The third kappa shape index (κ3) is 2.83. The molecule has 23 heavy (non-hydrogen) atoms. The zero-order valence-electron chi connectivity index (χ0n) is 12.4. The molecule has 2 aromatic rings. The van der Waals surface area contributed by atoms with Gasteiger partial charge in [-0.15, -0.1) is 0 Å². The number of hydrogen-bond donors (Lipinski definition) is 1. The summed E-state index contributed by atoms with van der Waals surface area (Å²) in [5.74, 6) is -0.469. The van der Waals surface area contributed by atoms with Gasteiger partial charge in [-0.25, -0.2) is 4.79 Å². The Morgan fingerprint density at radius 2 is 2.00 bits per heavy atom. The molecule has 1 atom stereocenters. The Bertz CT molecular complexity index is 758. The van der Waals surface area contributed by atoms with Gasteiger partial charge >= 0.3 is 5.97 Å². The van der Waals surface area contributed by atoms with E-state index in [4.69, 9.17) is 9.47 Å². The number of carbonyl (C=O) groups excluding carboxylic acids is 1. The van der Waals surface area contributed by atoms with Crippen LogP contribution in [-0.4, -0.2) is 36.7 Å². The summed E-state index contributed by atoms with van der Waals surface area (Å²) in [6.07, 6.45) is -1.10. The number of amides is 1. The van der Waals surface area contributed by atoms with E-state index < -0.39 is 12.1 Å². The van der Waals surface area contributed by atoms with Crippen LogP contribution in [0, 0.1) is 0 Å². The number of carboxylic acids is 1. The Morgan fingerprint density at radius 3 is 2.74 bits per heavy atom. The topological polar surface area (TPSA) is 76.1 Å². The molecule has 0 bridgehead atoms. The highest BCUT2D eigenvalue weighted by Crippen LogP contribution is 2.34. The fourth-order valence-corrected chi connectivity index (χ4v) is 2.47. The van der Waals surface area contributed by atoms with Crippen molar-refractivity contribution < 1.29 is 24.2 Å². The molecular formula is C17H15NO5. The second kappa shape index (κ2) is 6.00. The molecule has 0 saturated heterocycles. The molecule has 0 saturated carbocycles. The molecule has 1 N–H and O–H groups in total. The molecule has 3 rings (SSSR count). The number of benzene rings is 2. The minimum Gasteiger partial charge on any atom is -0.497 e. The van der Waals surface area contributed by atoms with E-state index in [1.54, 1.807) is 48.5 Å². The van der Waals surface area contributed by atoms with Crippen molar-refractivity contribution >= 4 is 17.6 Å². The van der Waals surface area contributed by atoms with Crippen molar-refractivity contribution in [1.29, 1.82) is 0 Å². The molecule has 0 spiro atoms. The first kappa shape index (κ1) is 14.9. The predicted octanol–water partition coefficient (Wildman–Crippen LogP) is 2.19. The molecule has 0 aliphatic carbocycles. The number of fused-ring (bicyclic) bond motifs is 1. The van der Waals surface area contributed by atoms with Gasteiger partial charge in [0.1, 0.15) is 11.5 Å². The molecule has 0 aromatic heterocycles. The van der Waals surface area contributed by atoms with Gasteiger partial charge in [0.25, 0.3) is 5.91 Å². The number of hydrogen-bond acceptors (Lipinski definition) is 4. The summed E-state index contributed by atoms with van der Waals surface area (Å²) in [5, 5.41) is 9.23. The summed E-state index contributed by atoms with van der Waals surface area (Å²) in [5.41, 5.74) is 0.975. The van der Waals surface area contributed by atoms with Gasteiger partial charge in [-0.05, 0) is 30.3 Å². The summed E-state index contributed by atoms with van der Waals surface area (Å²) in [4.78, 5) is 25.5. The maximum absolute atomic E-state index is 12.8. The van der Waals surface area contributed by atoms with Crippen LogP contribution in [0.5, 0.6) is 11.5 Å². The quantitative estimate of drug-likeness (QED) is 0.940. The first-order valence-electron chi connectivity index (χ1n) is 7.04. The number of carbonyl (C=O) groups is 2. The van der Waals surface area contributed by atoms with Crippen LogP contribution >= 0.6 is 0 Å². The number of carboxylic acid groups (broad SMARTS) is 1. The van der Waals surface area contributed by atoms with Gasteiger partial charge in [0.15, 0.2) is 0 Å². The molecule has 6 heteroatoms. The highest BCUT2D eigenvalue weighted by Gasteiger charge is 2.34. The maximum atomic E-state index is 12.8. The third-order valence-electron chi connectivity index (χ3n) is 3.61. The predicted molar refractivity (Wildman–Crippen MR) is 83.2 cm³/mol. The van der Waals surface area contributed by atoms with Crippen LogP contribution in [0.1, 0.15) is 10.4 Å². The molecule has 1 aliphatic heterocycles. The zero-order chi connectivity index (χ0) is 16.4. The molecule has 6 nitrogen and oxygen atoms in total. The van der Waals surface area contributed by atoms with Gasteiger partial charge in [0, 0.05) is 5.56 Å². The number of methoxy groups -OCH3 is 1. The summed E-state index contributed by atoms with van der Waals surface area (Å²) >= 11 is 0. The lowest BCUT2D eigenvalue weighted by molar-refractivity contribution is -0.144. The first-order chi connectivity index (χ1) is 11.1. The van der Waals surface area contributed by atoms with Gasteiger partial charge < -0.3 is 19.5 Å². The maximum Gasteiger partial charge on any atom is 0.346 e. The lowest BCUT2D eigenvalue weighted by Crippen LogP contribution is -2.47. The highest BCUT2D eigenvalue weighted by molar-refractivity contribution is 6.07. The van der Waals surface area contributed by atoms with Crippen LogP contribution in [0.2, 0.25) is 0 Å². The molecule has 1 aliphatic rings. The molecule has 1 amide bonds. The fraction of sp³-hybridized carbons (Fsp3) is 0.176. The lowest BCUT2D eigenvalue weighted by atomic mass is 10.1. The average molecular weight is 313 g/mol. The Balaban J connectivity index is 1.99. The summed E-state index contributed by atoms with van der Waals surface area (Å²) in [6, 6.07) is 13.6. The SMILES string of the molecule is COc1cccc(C(=O)N2C[C@@H](C(=O)O)Oc3ccccc32)c1. The number of para-hydroxylation sites is 2. The van der Waals surface area contributed by atoms with Crippen molar-refractivity contribution in [3.8, 4) is 11.5 Å². The van der Waals surface area contributed by atoms with E-state index in [-0.39, 0.29) is 12.5 Å². The average Bonchev–Trinajstić information content (AvgIpc) is 2.60. The van der Waals surface area contributed by atoms with Gasteiger partial charge in [-0.2, -0.15) is 0 Å². The summed E-state index contributed by atoms with van der Waals surface area (Å²) in [6.45, 7) is -0.0532. The van der Waals surface area contributed by atoms with Gasteiger partial charge in [0.05, 0.1) is 19.3 Å². The second-order valence-corrected chi connectivity index (χ2v) is 5.06.